The molecule has 0 radical (unpaired) electrons. The van der Waals surface area contributed by atoms with E-state index >= 15 is 0 Å². The lowest BCUT2D eigenvalue weighted by atomic mass is 10.2. The van der Waals surface area contributed by atoms with Crippen LogP contribution in [0.25, 0.3) is 0 Å². The van der Waals surface area contributed by atoms with E-state index in [4.69, 9.17) is 0 Å². The lowest BCUT2D eigenvalue weighted by molar-refractivity contribution is -0.118. The van der Waals surface area contributed by atoms with E-state index in [9.17, 15) is 4.79 Å². The first kappa shape index (κ1) is 16.8. The van der Waals surface area contributed by atoms with Gasteiger partial charge in [0.2, 0.25) is 5.91 Å². The van der Waals surface area contributed by atoms with Gasteiger partial charge in [-0.2, -0.15) is 5.10 Å². The first-order valence-electron chi connectivity index (χ1n) is 8.23. The number of anilines is 1. The summed E-state index contributed by atoms with van der Waals surface area (Å²) >= 11 is 1.57. The Bertz CT molecular complexity index is 662. The number of nitrogens with zero attached hydrogens (tertiary/aromatic N) is 3. The van der Waals surface area contributed by atoms with Crippen molar-refractivity contribution in [2.24, 2.45) is 0 Å². The van der Waals surface area contributed by atoms with Gasteiger partial charge >= 0.3 is 0 Å². The monoisotopic (exact) mass is 342 g/mol. The number of carbonyl (C=O) groups is 1. The van der Waals surface area contributed by atoms with Crippen molar-refractivity contribution in [3.8, 4) is 0 Å². The minimum absolute atomic E-state index is 0.0755. The Balaban J connectivity index is 1.46. The van der Waals surface area contributed by atoms with Gasteiger partial charge in [-0.15, -0.1) is 16.9 Å². The molecular weight excluding hydrogens is 320 g/mol. The van der Waals surface area contributed by atoms with Gasteiger partial charge in [-0.1, -0.05) is 17.7 Å². The van der Waals surface area contributed by atoms with Crippen LogP contribution in [0.1, 0.15) is 18.4 Å². The fourth-order valence-electron chi connectivity index (χ4n) is 2.86. The van der Waals surface area contributed by atoms with Crippen LogP contribution < -0.4 is 10.2 Å². The minimum atomic E-state index is 0.0755. The van der Waals surface area contributed by atoms with Gasteiger partial charge in [0.05, 0.1) is 5.75 Å². The Labute approximate surface area is 146 Å². The highest BCUT2D eigenvalue weighted by atomic mass is 32.2. The minimum Gasteiger partial charge on any atom is -0.353 e. The summed E-state index contributed by atoms with van der Waals surface area (Å²) in [6, 6.07) is 12.4. The molecule has 1 aromatic heterocycles. The second-order valence-electron chi connectivity index (χ2n) is 5.98. The number of rotatable bonds is 6. The topological polar surface area (TPSA) is 58.1 Å². The van der Waals surface area contributed by atoms with E-state index in [0.29, 0.717) is 18.3 Å². The molecule has 1 atom stereocenters. The molecule has 1 aliphatic rings. The second kappa shape index (κ2) is 8.15. The summed E-state index contributed by atoms with van der Waals surface area (Å²) in [7, 11) is 0. The van der Waals surface area contributed by atoms with Gasteiger partial charge in [-0.3, -0.25) is 4.79 Å². The summed E-state index contributed by atoms with van der Waals surface area (Å²) in [6.45, 7) is 3.69. The first-order chi connectivity index (χ1) is 11.7. The third-order valence-electron chi connectivity index (χ3n) is 4.16. The number of aryl methyl sites for hydroxylation is 1. The fraction of sp³-hybridized carbons (Fsp3) is 0.389. The van der Waals surface area contributed by atoms with Gasteiger partial charge in [-0.25, -0.2) is 0 Å². The Kier molecular flexibility index (Phi) is 5.69. The van der Waals surface area contributed by atoms with Crippen LogP contribution in [0, 0.1) is 6.92 Å². The van der Waals surface area contributed by atoms with Crippen molar-refractivity contribution in [1.29, 1.82) is 0 Å². The molecule has 6 heteroatoms. The van der Waals surface area contributed by atoms with Crippen LogP contribution in [0.5, 0.6) is 0 Å². The van der Waals surface area contributed by atoms with Crippen LogP contribution in [0.3, 0.4) is 0 Å². The van der Waals surface area contributed by atoms with E-state index in [1.54, 1.807) is 18.0 Å². The van der Waals surface area contributed by atoms with Crippen molar-refractivity contribution in [1.82, 2.24) is 15.5 Å². The fourth-order valence-corrected chi connectivity index (χ4v) is 3.59. The van der Waals surface area contributed by atoms with Crippen molar-refractivity contribution in [2.75, 3.05) is 23.7 Å². The first-order valence-corrected chi connectivity index (χ1v) is 9.21. The lowest BCUT2D eigenvalue weighted by Crippen LogP contribution is -2.41. The Morgan fingerprint density at radius 1 is 1.33 bits per heavy atom. The van der Waals surface area contributed by atoms with Gasteiger partial charge in [-0.05, 0) is 44.0 Å². The van der Waals surface area contributed by atoms with Crippen LogP contribution in [0.15, 0.2) is 47.5 Å². The number of aromatic nitrogens is 2. The van der Waals surface area contributed by atoms with Crippen LogP contribution in [0.4, 0.5) is 5.82 Å². The summed E-state index contributed by atoms with van der Waals surface area (Å²) in [4.78, 5) is 15.5. The van der Waals surface area contributed by atoms with E-state index < -0.39 is 0 Å². The SMILES string of the molecule is Cc1ccc(SCC(=O)NCC2CCCN2c2cccnn2)cc1. The van der Waals surface area contributed by atoms with E-state index in [0.717, 1.165) is 30.1 Å². The molecule has 3 rings (SSSR count). The van der Waals surface area contributed by atoms with Crippen LogP contribution >= 0.6 is 11.8 Å². The largest absolute Gasteiger partial charge is 0.353 e. The Morgan fingerprint density at radius 3 is 2.92 bits per heavy atom. The molecule has 1 N–H and O–H groups in total. The maximum absolute atomic E-state index is 12.1. The number of carbonyl (C=O) groups excluding carboxylic acids is 1. The molecule has 1 fully saturated rings. The number of hydrogen-bond acceptors (Lipinski definition) is 5. The third kappa shape index (κ3) is 4.47. The number of nitrogens with one attached hydrogen (secondary N) is 1. The molecule has 126 valence electrons. The number of hydrogen-bond donors (Lipinski definition) is 1. The summed E-state index contributed by atoms with van der Waals surface area (Å²) < 4.78 is 0. The van der Waals surface area contributed by atoms with Crippen LogP contribution in [0.2, 0.25) is 0 Å². The molecular formula is C18H22N4OS. The molecule has 0 aliphatic carbocycles. The standard InChI is InChI=1S/C18H22N4OS/c1-14-6-8-16(9-7-14)24-13-18(23)19-12-15-4-3-11-22(15)17-5-2-10-20-21-17/h2,5-10,15H,3-4,11-13H2,1H3,(H,19,23). The van der Waals surface area contributed by atoms with Crippen molar-refractivity contribution < 1.29 is 4.79 Å². The van der Waals surface area contributed by atoms with Gasteiger partial charge < -0.3 is 10.2 Å². The molecule has 0 spiro atoms. The number of thioether (sulfide) groups is 1. The molecule has 24 heavy (non-hydrogen) atoms. The Hall–Kier alpha value is -2.08. The summed E-state index contributed by atoms with van der Waals surface area (Å²) in [5, 5.41) is 11.2. The van der Waals surface area contributed by atoms with E-state index in [-0.39, 0.29) is 5.91 Å². The lowest BCUT2D eigenvalue weighted by Gasteiger charge is -2.25. The normalized spacial score (nSPS) is 17.0. The predicted octanol–water partition coefficient (Wildman–Crippen LogP) is 2.66. The van der Waals surface area contributed by atoms with Crippen LogP contribution in [-0.4, -0.2) is 41.0 Å². The molecule has 2 aromatic rings. The molecule has 5 nitrogen and oxygen atoms in total. The highest BCUT2D eigenvalue weighted by molar-refractivity contribution is 8.00. The van der Waals surface area contributed by atoms with E-state index in [1.807, 2.05) is 12.1 Å². The zero-order valence-electron chi connectivity index (χ0n) is 13.8. The average molecular weight is 342 g/mol. The zero-order valence-corrected chi connectivity index (χ0v) is 14.6. The quantitative estimate of drug-likeness (QED) is 0.818. The molecule has 1 unspecified atom stereocenters. The maximum atomic E-state index is 12.1. The molecule has 0 saturated carbocycles. The average Bonchev–Trinajstić information content (AvgIpc) is 3.09. The zero-order chi connectivity index (χ0) is 16.8. The van der Waals surface area contributed by atoms with Gasteiger partial charge in [0.25, 0.3) is 0 Å². The highest BCUT2D eigenvalue weighted by Gasteiger charge is 2.26. The molecule has 1 saturated heterocycles. The molecule has 1 aliphatic heterocycles. The molecule has 2 heterocycles. The summed E-state index contributed by atoms with van der Waals surface area (Å²) in [5.41, 5.74) is 1.23. The maximum Gasteiger partial charge on any atom is 0.230 e. The van der Waals surface area contributed by atoms with Crippen molar-refractivity contribution in [3.05, 3.63) is 48.2 Å². The van der Waals surface area contributed by atoms with Gasteiger partial charge in [0.1, 0.15) is 0 Å². The van der Waals surface area contributed by atoms with Crippen molar-refractivity contribution >= 4 is 23.5 Å². The summed E-state index contributed by atoms with van der Waals surface area (Å²) in [6.07, 6.45) is 3.87. The molecule has 0 bridgehead atoms. The van der Waals surface area contributed by atoms with Crippen molar-refractivity contribution in [2.45, 2.75) is 30.7 Å². The van der Waals surface area contributed by atoms with E-state index in [1.165, 1.54) is 5.56 Å². The van der Waals surface area contributed by atoms with Crippen LogP contribution in [-0.2, 0) is 4.79 Å². The predicted molar refractivity (Wildman–Crippen MR) is 97.3 cm³/mol. The summed E-state index contributed by atoms with van der Waals surface area (Å²) in [5.74, 6) is 1.41. The van der Waals surface area contributed by atoms with Gasteiger partial charge in [0.15, 0.2) is 5.82 Å². The number of benzene rings is 1. The molecule has 1 aromatic carbocycles. The number of amides is 1. The second-order valence-corrected chi connectivity index (χ2v) is 7.03. The molecule has 1 amide bonds. The smallest absolute Gasteiger partial charge is 0.230 e. The van der Waals surface area contributed by atoms with E-state index in [2.05, 4.69) is 51.6 Å². The highest BCUT2D eigenvalue weighted by Crippen LogP contribution is 2.22. The van der Waals surface area contributed by atoms with Crippen molar-refractivity contribution in [3.63, 3.8) is 0 Å². The third-order valence-corrected chi connectivity index (χ3v) is 5.17. The Morgan fingerprint density at radius 2 is 2.17 bits per heavy atom. The van der Waals surface area contributed by atoms with Gasteiger partial charge in [0, 0.05) is 30.2 Å².